The van der Waals surface area contributed by atoms with Crippen molar-refractivity contribution in [3.05, 3.63) is 36.0 Å². The summed E-state index contributed by atoms with van der Waals surface area (Å²) < 4.78 is 0. The van der Waals surface area contributed by atoms with Gasteiger partial charge in [-0.1, -0.05) is 25.1 Å². The number of aryl methyl sites for hydroxylation is 1. The van der Waals surface area contributed by atoms with Gasteiger partial charge in [0, 0.05) is 23.3 Å². The second kappa shape index (κ2) is 4.94. The number of hydrogen-bond acceptors (Lipinski definition) is 3. The van der Waals surface area contributed by atoms with Crippen LogP contribution in [0.4, 0.5) is 5.69 Å². The summed E-state index contributed by atoms with van der Waals surface area (Å²) in [5.74, 6) is 0. The first-order valence-corrected chi connectivity index (χ1v) is 6.34. The lowest BCUT2D eigenvalue weighted by Crippen LogP contribution is -2.29. The number of pyridine rings is 1. The van der Waals surface area contributed by atoms with Gasteiger partial charge in [-0.2, -0.15) is 0 Å². The second-order valence-corrected chi connectivity index (χ2v) is 5.20. The molecule has 0 amide bonds. The molecule has 0 saturated carbocycles. The SMILES string of the molecule is CCc1cc(NCC(C)(C)O)c2ccccc2n1. The molecule has 96 valence electrons. The first kappa shape index (κ1) is 12.8. The Balaban J connectivity index is 2.41. The van der Waals surface area contributed by atoms with Crippen molar-refractivity contribution in [1.29, 1.82) is 0 Å². The number of nitrogens with one attached hydrogen (secondary N) is 1. The minimum absolute atomic E-state index is 0.518. The van der Waals surface area contributed by atoms with Crippen LogP contribution in [0.1, 0.15) is 26.5 Å². The van der Waals surface area contributed by atoms with Crippen molar-refractivity contribution in [3.8, 4) is 0 Å². The number of anilines is 1. The summed E-state index contributed by atoms with van der Waals surface area (Å²) in [6.45, 7) is 6.20. The lowest BCUT2D eigenvalue weighted by Gasteiger charge is -2.19. The average Bonchev–Trinajstić information content (AvgIpc) is 2.34. The zero-order valence-electron chi connectivity index (χ0n) is 11.2. The second-order valence-electron chi connectivity index (χ2n) is 5.20. The van der Waals surface area contributed by atoms with Gasteiger partial charge in [0.1, 0.15) is 0 Å². The van der Waals surface area contributed by atoms with Crippen molar-refractivity contribution in [1.82, 2.24) is 4.98 Å². The van der Waals surface area contributed by atoms with E-state index in [0.29, 0.717) is 6.54 Å². The smallest absolute Gasteiger partial charge is 0.0763 e. The van der Waals surface area contributed by atoms with E-state index in [1.54, 1.807) is 13.8 Å². The summed E-state index contributed by atoms with van der Waals surface area (Å²) in [4.78, 5) is 4.60. The van der Waals surface area contributed by atoms with Crippen molar-refractivity contribution in [3.63, 3.8) is 0 Å². The van der Waals surface area contributed by atoms with E-state index in [0.717, 1.165) is 28.7 Å². The number of para-hydroxylation sites is 1. The molecule has 0 atom stereocenters. The maximum Gasteiger partial charge on any atom is 0.0763 e. The van der Waals surface area contributed by atoms with E-state index in [-0.39, 0.29) is 0 Å². The first-order chi connectivity index (χ1) is 8.49. The summed E-state index contributed by atoms with van der Waals surface area (Å²) in [5, 5.41) is 14.2. The number of nitrogens with zero attached hydrogens (tertiary/aromatic N) is 1. The molecular weight excluding hydrogens is 224 g/mol. The molecule has 2 aromatic rings. The highest BCUT2D eigenvalue weighted by Gasteiger charge is 2.13. The van der Waals surface area contributed by atoms with E-state index in [9.17, 15) is 5.11 Å². The van der Waals surface area contributed by atoms with Crippen LogP contribution >= 0.6 is 0 Å². The third-order valence-electron chi connectivity index (χ3n) is 2.84. The molecular formula is C15H20N2O. The Morgan fingerprint density at radius 1 is 1.28 bits per heavy atom. The number of rotatable bonds is 4. The first-order valence-electron chi connectivity index (χ1n) is 6.34. The van der Waals surface area contributed by atoms with Gasteiger partial charge in [0.05, 0.1) is 11.1 Å². The lowest BCUT2D eigenvalue weighted by molar-refractivity contribution is 0.0945. The summed E-state index contributed by atoms with van der Waals surface area (Å²) >= 11 is 0. The number of benzene rings is 1. The molecule has 2 rings (SSSR count). The predicted molar refractivity (Wildman–Crippen MR) is 75.9 cm³/mol. The zero-order valence-corrected chi connectivity index (χ0v) is 11.2. The van der Waals surface area contributed by atoms with Gasteiger partial charge in [-0.25, -0.2) is 0 Å². The summed E-state index contributed by atoms with van der Waals surface area (Å²) in [7, 11) is 0. The fourth-order valence-corrected chi connectivity index (χ4v) is 1.87. The molecule has 1 aromatic carbocycles. The molecule has 0 aliphatic carbocycles. The number of fused-ring (bicyclic) bond motifs is 1. The number of aromatic nitrogens is 1. The molecule has 1 aromatic heterocycles. The monoisotopic (exact) mass is 244 g/mol. The predicted octanol–water partition coefficient (Wildman–Crippen LogP) is 2.98. The molecule has 2 N–H and O–H groups in total. The van der Waals surface area contributed by atoms with Crippen LogP contribution in [0.25, 0.3) is 10.9 Å². The molecule has 0 aliphatic heterocycles. The van der Waals surface area contributed by atoms with Gasteiger partial charge in [-0.05, 0) is 32.4 Å². The Morgan fingerprint density at radius 3 is 2.67 bits per heavy atom. The lowest BCUT2D eigenvalue weighted by atomic mass is 10.1. The van der Waals surface area contributed by atoms with E-state index in [1.165, 1.54) is 0 Å². The Bertz CT molecular complexity index is 544. The Hall–Kier alpha value is -1.61. The van der Waals surface area contributed by atoms with Crippen LogP contribution in [-0.4, -0.2) is 22.2 Å². The van der Waals surface area contributed by atoms with E-state index < -0.39 is 5.60 Å². The largest absolute Gasteiger partial charge is 0.389 e. The molecule has 0 fully saturated rings. The van der Waals surface area contributed by atoms with Crippen molar-refractivity contribution >= 4 is 16.6 Å². The topological polar surface area (TPSA) is 45.1 Å². The maximum atomic E-state index is 9.80. The van der Waals surface area contributed by atoms with Crippen molar-refractivity contribution < 1.29 is 5.11 Å². The fraction of sp³-hybridized carbons (Fsp3) is 0.400. The average molecular weight is 244 g/mol. The van der Waals surface area contributed by atoms with Gasteiger partial charge in [-0.3, -0.25) is 4.98 Å². The van der Waals surface area contributed by atoms with Crippen molar-refractivity contribution in [2.75, 3.05) is 11.9 Å². The van der Waals surface area contributed by atoms with Gasteiger partial charge in [0.25, 0.3) is 0 Å². The van der Waals surface area contributed by atoms with Crippen LogP contribution in [0.5, 0.6) is 0 Å². The Morgan fingerprint density at radius 2 is 2.00 bits per heavy atom. The van der Waals surface area contributed by atoms with Crippen molar-refractivity contribution in [2.24, 2.45) is 0 Å². The third kappa shape index (κ3) is 2.99. The Labute approximate surface area is 108 Å². The Kier molecular flexibility index (Phi) is 3.53. The van der Waals surface area contributed by atoms with Crippen LogP contribution in [-0.2, 0) is 6.42 Å². The molecule has 0 bridgehead atoms. The summed E-state index contributed by atoms with van der Waals surface area (Å²) in [6.07, 6.45) is 0.905. The molecule has 0 saturated heterocycles. The van der Waals surface area contributed by atoms with Crippen LogP contribution in [0.15, 0.2) is 30.3 Å². The highest BCUT2D eigenvalue weighted by atomic mass is 16.3. The molecule has 3 heteroatoms. The molecule has 0 unspecified atom stereocenters. The van der Waals surface area contributed by atoms with Gasteiger partial charge in [0.15, 0.2) is 0 Å². The van der Waals surface area contributed by atoms with E-state index in [1.807, 2.05) is 18.2 Å². The summed E-state index contributed by atoms with van der Waals surface area (Å²) in [5.41, 5.74) is 2.37. The van der Waals surface area contributed by atoms with E-state index >= 15 is 0 Å². The molecule has 18 heavy (non-hydrogen) atoms. The van der Waals surface area contributed by atoms with E-state index in [4.69, 9.17) is 0 Å². The van der Waals surface area contributed by atoms with Gasteiger partial charge in [0.2, 0.25) is 0 Å². The minimum Gasteiger partial charge on any atom is -0.389 e. The van der Waals surface area contributed by atoms with Crippen LogP contribution in [0, 0.1) is 0 Å². The zero-order chi connectivity index (χ0) is 13.2. The van der Waals surface area contributed by atoms with Crippen LogP contribution in [0.3, 0.4) is 0 Å². The fourth-order valence-electron chi connectivity index (χ4n) is 1.87. The van der Waals surface area contributed by atoms with Gasteiger partial charge in [-0.15, -0.1) is 0 Å². The molecule has 1 heterocycles. The number of aliphatic hydroxyl groups is 1. The molecule has 0 radical (unpaired) electrons. The molecule has 3 nitrogen and oxygen atoms in total. The van der Waals surface area contributed by atoms with Crippen molar-refractivity contribution in [2.45, 2.75) is 32.8 Å². The van der Waals surface area contributed by atoms with Crippen LogP contribution in [0.2, 0.25) is 0 Å². The van der Waals surface area contributed by atoms with Crippen LogP contribution < -0.4 is 5.32 Å². The third-order valence-corrected chi connectivity index (χ3v) is 2.84. The molecule has 0 spiro atoms. The quantitative estimate of drug-likeness (QED) is 0.869. The van der Waals surface area contributed by atoms with Gasteiger partial charge >= 0.3 is 0 Å². The molecule has 0 aliphatic rings. The highest BCUT2D eigenvalue weighted by Crippen LogP contribution is 2.23. The normalized spacial score (nSPS) is 11.8. The highest BCUT2D eigenvalue weighted by molar-refractivity contribution is 5.91. The van der Waals surface area contributed by atoms with E-state index in [2.05, 4.69) is 29.4 Å². The standard InChI is InChI=1S/C15H20N2O/c1-4-11-9-14(16-10-15(2,3)18)12-7-5-6-8-13(12)17-11/h5-9,18H,4,10H2,1-3H3,(H,16,17). The maximum absolute atomic E-state index is 9.80. The minimum atomic E-state index is -0.725. The number of hydrogen-bond donors (Lipinski definition) is 2. The van der Waals surface area contributed by atoms with Gasteiger partial charge < -0.3 is 10.4 Å². The summed E-state index contributed by atoms with van der Waals surface area (Å²) in [6, 6.07) is 10.1.